The van der Waals surface area contributed by atoms with Gasteiger partial charge in [0.15, 0.2) is 0 Å². The quantitative estimate of drug-likeness (QED) is 0.514. The summed E-state index contributed by atoms with van der Waals surface area (Å²) in [7, 11) is -5.06. The van der Waals surface area contributed by atoms with Gasteiger partial charge in [0.1, 0.15) is 0 Å². The Labute approximate surface area is 81.9 Å². The smallest absolute Gasteiger partial charge is 0.449 e. The van der Waals surface area contributed by atoms with E-state index in [4.69, 9.17) is 10.2 Å². The first kappa shape index (κ1) is 15.5. The molecule has 7 N–H and O–H groups in total. The number of amides is 1. The Morgan fingerprint density at radius 3 is 1.53 bits per heavy atom. The molecule has 0 saturated carbocycles. The zero-order valence-corrected chi connectivity index (χ0v) is 7.88. The number of hydrogen-bond donors (Lipinski definition) is 4. The van der Waals surface area contributed by atoms with Crippen LogP contribution in [0.4, 0.5) is 14.4 Å². The summed E-state index contributed by atoms with van der Waals surface area (Å²) < 4.78 is 21.3. The fourth-order valence-corrected chi connectivity index (χ4v) is 1.07. The van der Waals surface area contributed by atoms with Gasteiger partial charge in [-0.2, -0.15) is 4.57 Å². The third kappa shape index (κ3) is 7.10. The summed E-state index contributed by atoms with van der Waals surface area (Å²) in [6.07, 6.45) is -6.03. The molecule has 0 bridgehead atoms. The molecule has 0 aromatic heterocycles. The highest BCUT2D eigenvalue weighted by Gasteiger charge is 2.39. The lowest BCUT2D eigenvalue weighted by molar-refractivity contribution is 0.0975. The number of phosphoric acid groups is 1. The molecule has 0 fully saturated rings. The standard InChI is InChI=1S/C3H4NO9P.H3N/c4-1(5)11-14(10,12-2(6)7)13-3(8)9;/h(H2,4,5)(H,6,7)(H,8,9);1H3. The molecule has 0 unspecified atom stereocenters. The Balaban J connectivity index is 0. The van der Waals surface area contributed by atoms with Gasteiger partial charge in [0.2, 0.25) is 0 Å². The van der Waals surface area contributed by atoms with Crippen molar-refractivity contribution in [1.82, 2.24) is 6.15 Å². The fraction of sp³-hybridized carbons (Fsp3) is 0. The van der Waals surface area contributed by atoms with E-state index < -0.39 is 26.2 Å². The Hall–Kier alpha value is -2.00. The van der Waals surface area contributed by atoms with Gasteiger partial charge < -0.3 is 35.7 Å². The summed E-state index contributed by atoms with van der Waals surface area (Å²) in [4.78, 5) is 29.8. The van der Waals surface area contributed by atoms with E-state index in [1.807, 2.05) is 0 Å². The summed E-state index contributed by atoms with van der Waals surface area (Å²) in [5.74, 6) is 0. The van der Waals surface area contributed by atoms with Crippen LogP contribution in [0.2, 0.25) is 0 Å². The number of phosphoric ester groups is 1. The van der Waals surface area contributed by atoms with E-state index in [0.29, 0.717) is 0 Å². The van der Waals surface area contributed by atoms with Crippen molar-refractivity contribution in [2.24, 2.45) is 5.73 Å². The summed E-state index contributed by atoms with van der Waals surface area (Å²) in [6, 6.07) is 0. The minimum atomic E-state index is -5.06. The highest BCUT2D eigenvalue weighted by atomic mass is 31.2. The summed E-state index contributed by atoms with van der Waals surface area (Å²) in [5.41, 5.74) is 4.35. The molecule has 1 amide bonds. The molecular formula is C3H7N2O9P. The molecule has 88 valence electrons. The lowest BCUT2D eigenvalue weighted by Crippen LogP contribution is -2.16. The van der Waals surface area contributed by atoms with Crippen LogP contribution >= 0.6 is 7.82 Å². The molecular weight excluding hydrogens is 239 g/mol. The molecule has 0 saturated heterocycles. The molecule has 0 aliphatic heterocycles. The second kappa shape index (κ2) is 5.67. The van der Waals surface area contributed by atoms with Gasteiger partial charge in [-0.1, -0.05) is 0 Å². The molecule has 0 radical (unpaired) electrons. The van der Waals surface area contributed by atoms with Gasteiger partial charge in [-0.25, -0.2) is 14.4 Å². The molecule has 0 heterocycles. The number of rotatable bonds is 3. The van der Waals surface area contributed by atoms with Crippen molar-refractivity contribution in [1.29, 1.82) is 0 Å². The zero-order valence-electron chi connectivity index (χ0n) is 6.98. The van der Waals surface area contributed by atoms with Crippen LogP contribution in [-0.2, 0) is 18.1 Å². The van der Waals surface area contributed by atoms with Crippen molar-refractivity contribution >= 4 is 26.2 Å². The molecule has 11 nitrogen and oxygen atoms in total. The first-order valence-electron chi connectivity index (χ1n) is 2.69. The van der Waals surface area contributed by atoms with Gasteiger partial charge in [0, 0.05) is 0 Å². The van der Waals surface area contributed by atoms with Crippen molar-refractivity contribution in [3.63, 3.8) is 0 Å². The molecule has 0 spiro atoms. The number of carbonyl (C=O) groups is 3. The molecule has 0 aromatic rings. The molecule has 0 rings (SSSR count). The molecule has 15 heavy (non-hydrogen) atoms. The minimum Gasteiger partial charge on any atom is -0.449 e. The van der Waals surface area contributed by atoms with E-state index >= 15 is 0 Å². The van der Waals surface area contributed by atoms with E-state index in [1.165, 1.54) is 0 Å². The Morgan fingerprint density at radius 1 is 1.00 bits per heavy atom. The summed E-state index contributed by atoms with van der Waals surface area (Å²) >= 11 is 0. The molecule has 0 aliphatic carbocycles. The van der Waals surface area contributed by atoms with E-state index in [-0.39, 0.29) is 6.15 Å². The van der Waals surface area contributed by atoms with Crippen LogP contribution in [0.3, 0.4) is 0 Å². The number of carboxylic acid groups (broad SMARTS) is 2. The van der Waals surface area contributed by atoms with Crippen LogP contribution in [0.25, 0.3) is 0 Å². The topological polar surface area (TPSA) is 197 Å². The first-order valence-corrected chi connectivity index (χ1v) is 4.15. The lowest BCUT2D eigenvalue weighted by atomic mass is 11.3. The first-order chi connectivity index (χ1) is 6.25. The minimum absolute atomic E-state index is 0. The van der Waals surface area contributed by atoms with Crippen LogP contribution in [0.1, 0.15) is 0 Å². The lowest BCUT2D eigenvalue weighted by Gasteiger charge is -2.10. The van der Waals surface area contributed by atoms with Gasteiger partial charge in [-0.3, -0.25) is 0 Å². The third-order valence-corrected chi connectivity index (χ3v) is 1.74. The highest BCUT2D eigenvalue weighted by molar-refractivity contribution is 7.50. The maximum atomic E-state index is 10.9. The van der Waals surface area contributed by atoms with Crippen molar-refractivity contribution in [3.05, 3.63) is 0 Å². The largest absolute Gasteiger partial charge is 0.659 e. The molecule has 0 aromatic carbocycles. The summed E-state index contributed by atoms with van der Waals surface area (Å²) in [5, 5.41) is 16.0. The maximum absolute atomic E-state index is 10.9. The van der Waals surface area contributed by atoms with Gasteiger partial charge in [-0.15, -0.1) is 0 Å². The average Bonchev–Trinajstić information content (AvgIpc) is 1.76. The van der Waals surface area contributed by atoms with Crippen LogP contribution in [0.15, 0.2) is 0 Å². The number of hydrogen-bond acceptors (Lipinski definition) is 8. The van der Waals surface area contributed by atoms with E-state index in [2.05, 4.69) is 19.3 Å². The van der Waals surface area contributed by atoms with Crippen LogP contribution in [0, 0.1) is 0 Å². The van der Waals surface area contributed by atoms with Crippen molar-refractivity contribution < 1.29 is 42.7 Å². The predicted molar refractivity (Wildman–Crippen MR) is 41.5 cm³/mol. The zero-order chi connectivity index (χ0) is 11.4. The second-order valence-electron chi connectivity index (χ2n) is 1.57. The monoisotopic (exact) mass is 246 g/mol. The van der Waals surface area contributed by atoms with Gasteiger partial charge in [0.25, 0.3) is 0 Å². The van der Waals surface area contributed by atoms with Crippen LogP contribution in [0.5, 0.6) is 0 Å². The van der Waals surface area contributed by atoms with Crippen LogP contribution < -0.4 is 11.9 Å². The SMILES string of the molecule is N.NC(=O)OP(=O)(OC(=O)O)OC(=O)O. The van der Waals surface area contributed by atoms with E-state index in [1.54, 1.807) is 0 Å². The van der Waals surface area contributed by atoms with Gasteiger partial charge >= 0.3 is 26.2 Å². The average molecular weight is 246 g/mol. The molecule has 0 aliphatic rings. The van der Waals surface area contributed by atoms with Crippen LogP contribution in [-0.4, -0.2) is 28.6 Å². The Bertz CT molecular complexity index is 265. The van der Waals surface area contributed by atoms with Crippen molar-refractivity contribution in [2.75, 3.05) is 0 Å². The number of nitrogens with two attached hydrogens (primary N) is 1. The normalized spacial score (nSPS) is 9.33. The highest BCUT2D eigenvalue weighted by Crippen LogP contribution is 2.49. The third-order valence-electron chi connectivity index (χ3n) is 0.582. The maximum Gasteiger partial charge on any atom is 0.659 e. The predicted octanol–water partition coefficient (Wildman–Crippen LogP) is 0.741. The molecule has 12 heteroatoms. The summed E-state index contributed by atoms with van der Waals surface area (Å²) in [6.45, 7) is 0. The Morgan fingerprint density at radius 2 is 1.33 bits per heavy atom. The molecule has 0 atom stereocenters. The fourth-order valence-electron chi connectivity index (χ4n) is 0.357. The van der Waals surface area contributed by atoms with E-state index in [9.17, 15) is 18.9 Å². The van der Waals surface area contributed by atoms with Gasteiger partial charge in [0.05, 0.1) is 0 Å². The van der Waals surface area contributed by atoms with Crippen molar-refractivity contribution in [2.45, 2.75) is 0 Å². The van der Waals surface area contributed by atoms with E-state index in [0.717, 1.165) is 0 Å². The van der Waals surface area contributed by atoms with Gasteiger partial charge in [-0.05, 0) is 0 Å². The number of primary amides is 1. The van der Waals surface area contributed by atoms with Crippen molar-refractivity contribution in [3.8, 4) is 0 Å². The Kier molecular flexibility index (Phi) is 5.85. The number of carbonyl (C=O) groups excluding carboxylic acids is 1. The second-order valence-corrected chi connectivity index (χ2v) is 3.01.